The van der Waals surface area contributed by atoms with E-state index in [-0.39, 0.29) is 18.8 Å². The number of amides is 2. The molecule has 1 fully saturated rings. The third kappa shape index (κ3) is 4.59. The first-order valence-electron chi connectivity index (χ1n) is 10.3. The van der Waals surface area contributed by atoms with Gasteiger partial charge in [-0.05, 0) is 36.6 Å². The van der Waals surface area contributed by atoms with Crippen LogP contribution in [0.2, 0.25) is 0 Å². The summed E-state index contributed by atoms with van der Waals surface area (Å²) < 4.78 is 21.7. The van der Waals surface area contributed by atoms with Gasteiger partial charge in [0.15, 0.2) is 11.5 Å². The van der Waals surface area contributed by atoms with Crippen LogP contribution in [0.3, 0.4) is 0 Å². The summed E-state index contributed by atoms with van der Waals surface area (Å²) in [4.78, 5) is 24.9. The number of benzene rings is 2. The molecule has 2 heterocycles. The van der Waals surface area contributed by atoms with Gasteiger partial charge in [-0.3, -0.25) is 9.59 Å². The third-order valence-corrected chi connectivity index (χ3v) is 5.81. The van der Waals surface area contributed by atoms with E-state index in [2.05, 4.69) is 10.6 Å². The molecule has 2 aromatic rings. The van der Waals surface area contributed by atoms with Crippen LogP contribution in [0.4, 0.5) is 0 Å². The highest BCUT2D eigenvalue weighted by molar-refractivity contribution is 6.35. The number of fused-ring (bicyclic) bond motifs is 1. The molecule has 8 nitrogen and oxygen atoms in total. The van der Waals surface area contributed by atoms with Gasteiger partial charge in [-0.1, -0.05) is 24.3 Å². The van der Waals surface area contributed by atoms with Gasteiger partial charge < -0.3 is 29.6 Å². The normalized spacial score (nSPS) is 16.4. The predicted molar refractivity (Wildman–Crippen MR) is 112 cm³/mol. The molecule has 0 aliphatic carbocycles. The first kappa shape index (κ1) is 21.0. The molecule has 2 amide bonds. The Morgan fingerprint density at radius 2 is 1.74 bits per heavy atom. The summed E-state index contributed by atoms with van der Waals surface area (Å²) in [6.45, 7) is 1.91. The second-order valence-corrected chi connectivity index (χ2v) is 7.65. The number of hydrogen-bond acceptors (Lipinski definition) is 6. The standard InChI is InChI=1S/C23H26N2O6/c1-28-18-5-3-2-4-17(18)23(8-10-29-11-9-23)14-25-22(27)21(26)24-13-16-6-7-19-20(12-16)31-15-30-19/h2-7,12H,8-11,13-15H2,1H3,(H,24,26)(H,25,27). The fraction of sp³-hybridized carbons (Fsp3) is 0.391. The van der Waals surface area contributed by atoms with Gasteiger partial charge in [0.2, 0.25) is 6.79 Å². The zero-order chi connectivity index (χ0) is 21.7. The Morgan fingerprint density at radius 3 is 2.55 bits per heavy atom. The summed E-state index contributed by atoms with van der Waals surface area (Å²) in [5, 5.41) is 5.47. The molecule has 0 radical (unpaired) electrons. The molecule has 0 aromatic heterocycles. The second kappa shape index (κ2) is 9.26. The van der Waals surface area contributed by atoms with Gasteiger partial charge >= 0.3 is 11.8 Å². The number of ether oxygens (including phenoxy) is 4. The van der Waals surface area contributed by atoms with E-state index < -0.39 is 11.8 Å². The van der Waals surface area contributed by atoms with Gasteiger partial charge in [-0.15, -0.1) is 0 Å². The molecule has 0 unspecified atom stereocenters. The Bertz CT molecular complexity index is 955. The van der Waals surface area contributed by atoms with E-state index >= 15 is 0 Å². The van der Waals surface area contributed by atoms with Crippen LogP contribution >= 0.6 is 0 Å². The Kier molecular flexibility index (Phi) is 6.27. The molecule has 1 saturated heterocycles. The van der Waals surface area contributed by atoms with Crippen molar-refractivity contribution in [1.82, 2.24) is 10.6 Å². The minimum Gasteiger partial charge on any atom is -0.496 e. The van der Waals surface area contributed by atoms with Crippen molar-refractivity contribution in [3.8, 4) is 17.2 Å². The highest BCUT2D eigenvalue weighted by atomic mass is 16.7. The average molecular weight is 426 g/mol. The van der Waals surface area contributed by atoms with Crippen molar-refractivity contribution in [1.29, 1.82) is 0 Å². The third-order valence-electron chi connectivity index (χ3n) is 5.81. The van der Waals surface area contributed by atoms with Crippen molar-refractivity contribution in [3.05, 3.63) is 53.6 Å². The molecular weight excluding hydrogens is 400 g/mol. The minimum absolute atomic E-state index is 0.187. The summed E-state index contributed by atoms with van der Waals surface area (Å²) in [6.07, 6.45) is 1.46. The summed E-state index contributed by atoms with van der Waals surface area (Å²) in [5.74, 6) is 0.729. The monoisotopic (exact) mass is 426 g/mol. The first-order chi connectivity index (χ1) is 15.1. The zero-order valence-corrected chi connectivity index (χ0v) is 17.4. The molecule has 4 rings (SSSR count). The Labute approximate surface area is 180 Å². The number of rotatable bonds is 6. The van der Waals surface area contributed by atoms with Crippen LogP contribution in [0.15, 0.2) is 42.5 Å². The van der Waals surface area contributed by atoms with Gasteiger partial charge in [-0.2, -0.15) is 0 Å². The number of carbonyl (C=O) groups is 2. The van der Waals surface area contributed by atoms with Gasteiger partial charge in [-0.25, -0.2) is 0 Å². The molecule has 0 atom stereocenters. The SMILES string of the molecule is COc1ccccc1C1(CNC(=O)C(=O)NCc2ccc3c(c2)OCO3)CCOCC1. The molecule has 0 saturated carbocycles. The molecule has 2 aliphatic heterocycles. The van der Waals surface area contributed by atoms with E-state index in [1.54, 1.807) is 19.2 Å². The second-order valence-electron chi connectivity index (χ2n) is 7.65. The first-order valence-corrected chi connectivity index (χ1v) is 10.3. The molecule has 8 heteroatoms. The quantitative estimate of drug-likeness (QED) is 0.686. The number of carbonyl (C=O) groups excluding carboxylic acids is 2. The molecule has 2 N–H and O–H groups in total. The molecular formula is C23H26N2O6. The highest BCUT2D eigenvalue weighted by Crippen LogP contribution is 2.39. The smallest absolute Gasteiger partial charge is 0.309 e. The van der Waals surface area contributed by atoms with Crippen LogP contribution in [0, 0.1) is 0 Å². The van der Waals surface area contributed by atoms with Crippen molar-refractivity contribution in [2.45, 2.75) is 24.8 Å². The molecule has 164 valence electrons. The van der Waals surface area contributed by atoms with E-state index in [0.29, 0.717) is 31.3 Å². The lowest BCUT2D eigenvalue weighted by atomic mass is 9.73. The molecule has 2 aromatic carbocycles. The number of para-hydroxylation sites is 1. The zero-order valence-electron chi connectivity index (χ0n) is 17.4. The van der Waals surface area contributed by atoms with Crippen molar-refractivity contribution >= 4 is 11.8 Å². The van der Waals surface area contributed by atoms with Crippen molar-refractivity contribution in [2.75, 3.05) is 33.7 Å². The summed E-state index contributed by atoms with van der Waals surface area (Å²) >= 11 is 0. The molecule has 0 spiro atoms. The average Bonchev–Trinajstić information content (AvgIpc) is 3.29. The van der Waals surface area contributed by atoms with Crippen LogP contribution < -0.4 is 24.8 Å². The van der Waals surface area contributed by atoms with Crippen LogP contribution in [0.5, 0.6) is 17.2 Å². The van der Waals surface area contributed by atoms with Gasteiger partial charge in [0.25, 0.3) is 0 Å². The maximum Gasteiger partial charge on any atom is 0.309 e. The van der Waals surface area contributed by atoms with Gasteiger partial charge in [0.1, 0.15) is 5.75 Å². The molecule has 31 heavy (non-hydrogen) atoms. The fourth-order valence-corrected chi connectivity index (χ4v) is 4.03. The minimum atomic E-state index is -0.681. The van der Waals surface area contributed by atoms with E-state index in [1.807, 2.05) is 30.3 Å². The maximum absolute atomic E-state index is 12.5. The fourth-order valence-electron chi connectivity index (χ4n) is 4.03. The van der Waals surface area contributed by atoms with Crippen molar-refractivity contribution in [3.63, 3.8) is 0 Å². The number of methoxy groups -OCH3 is 1. The lowest BCUT2D eigenvalue weighted by molar-refractivity contribution is -0.139. The lowest BCUT2D eigenvalue weighted by Crippen LogP contribution is -2.48. The van der Waals surface area contributed by atoms with E-state index in [0.717, 1.165) is 29.7 Å². The predicted octanol–water partition coefficient (Wildman–Crippen LogP) is 1.90. The summed E-state index contributed by atoms with van der Waals surface area (Å²) in [5.41, 5.74) is 1.49. The maximum atomic E-state index is 12.5. The summed E-state index contributed by atoms with van der Waals surface area (Å²) in [7, 11) is 1.63. The lowest BCUT2D eigenvalue weighted by Gasteiger charge is -2.38. The number of hydrogen-bond donors (Lipinski definition) is 2. The Morgan fingerprint density at radius 1 is 1.00 bits per heavy atom. The van der Waals surface area contributed by atoms with E-state index in [4.69, 9.17) is 18.9 Å². The van der Waals surface area contributed by atoms with Crippen LogP contribution in [-0.4, -0.2) is 45.5 Å². The Balaban J connectivity index is 1.38. The van der Waals surface area contributed by atoms with Crippen LogP contribution in [0.1, 0.15) is 24.0 Å². The topological polar surface area (TPSA) is 95.1 Å². The highest BCUT2D eigenvalue weighted by Gasteiger charge is 2.37. The Hall–Kier alpha value is -3.26. The van der Waals surface area contributed by atoms with Crippen molar-refractivity contribution in [2.24, 2.45) is 0 Å². The van der Waals surface area contributed by atoms with E-state index in [9.17, 15) is 9.59 Å². The number of nitrogens with one attached hydrogen (secondary N) is 2. The summed E-state index contributed by atoms with van der Waals surface area (Å²) in [6, 6.07) is 13.2. The van der Waals surface area contributed by atoms with Gasteiger partial charge in [0.05, 0.1) is 7.11 Å². The van der Waals surface area contributed by atoms with Crippen LogP contribution in [0.25, 0.3) is 0 Å². The largest absolute Gasteiger partial charge is 0.496 e. The van der Waals surface area contributed by atoms with E-state index in [1.165, 1.54) is 0 Å². The van der Waals surface area contributed by atoms with Crippen molar-refractivity contribution < 1.29 is 28.5 Å². The van der Waals surface area contributed by atoms with Gasteiger partial charge in [0, 0.05) is 37.3 Å². The van der Waals surface area contributed by atoms with Crippen LogP contribution in [-0.2, 0) is 26.3 Å². The molecule has 2 aliphatic rings. The molecule has 0 bridgehead atoms.